The summed E-state index contributed by atoms with van der Waals surface area (Å²) in [4.78, 5) is 35.5. The van der Waals surface area contributed by atoms with Gasteiger partial charge in [-0.2, -0.15) is 0 Å². The number of ether oxygens (including phenoxy) is 3. The van der Waals surface area contributed by atoms with Gasteiger partial charge in [-0.1, -0.05) is 20.8 Å². The maximum atomic E-state index is 12.6. The standard InChI is InChI=1S/C23H38N2O8Si/c1-22(2,3)33-21(27)24-18(15-32-34(8,9)23(4,5)6)19(20(26)30-7)31-14-16-10-12-17(13-11-16)25(28)29/h10-13,18-19H,14-15H2,1-9H3,(H,24,27)/t18-,19+/m1/s1. The first-order valence-corrected chi connectivity index (χ1v) is 13.9. The fourth-order valence-electron chi connectivity index (χ4n) is 2.54. The number of hydrogen-bond donors (Lipinski definition) is 1. The van der Waals surface area contributed by atoms with Crippen LogP contribution >= 0.6 is 0 Å². The number of non-ortho nitro benzene ring substituents is 1. The van der Waals surface area contributed by atoms with Crippen LogP contribution in [-0.4, -0.2) is 56.8 Å². The third kappa shape index (κ3) is 9.39. The number of nitrogens with zero attached hydrogens (tertiary/aromatic N) is 1. The number of carbonyl (C=O) groups excluding carboxylic acids is 2. The molecule has 10 nitrogen and oxygen atoms in total. The molecule has 11 heteroatoms. The smallest absolute Gasteiger partial charge is 0.408 e. The average Bonchev–Trinajstić information content (AvgIpc) is 2.69. The van der Waals surface area contributed by atoms with Crippen LogP contribution in [-0.2, 0) is 30.0 Å². The Hall–Kier alpha value is -2.50. The van der Waals surface area contributed by atoms with Gasteiger partial charge in [0.05, 0.1) is 31.3 Å². The van der Waals surface area contributed by atoms with Crippen molar-refractivity contribution >= 4 is 26.1 Å². The quantitative estimate of drug-likeness (QED) is 0.215. The molecule has 0 spiro atoms. The van der Waals surface area contributed by atoms with Crippen molar-refractivity contribution in [1.82, 2.24) is 5.32 Å². The Morgan fingerprint density at radius 1 is 1.09 bits per heavy atom. The van der Waals surface area contributed by atoms with Crippen molar-refractivity contribution in [2.75, 3.05) is 13.7 Å². The second-order valence-electron chi connectivity index (χ2n) is 10.5. The lowest BCUT2D eigenvalue weighted by Crippen LogP contribution is -2.54. The van der Waals surface area contributed by atoms with E-state index in [1.54, 1.807) is 20.8 Å². The molecule has 0 fully saturated rings. The van der Waals surface area contributed by atoms with Gasteiger partial charge >= 0.3 is 12.1 Å². The molecule has 0 saturated heterocycles. The predicted molar refractivity (Wildman–Crippen MR) is 130 cm³/mol. The summed E-state index contributed by atoms with van der Waals surface area (Å²) >= 11 is 0. The molecule has 0 aliphatic rings. The van der Waals surface area contributed by atoms with Gasteiger partial charge in [-0.15, -0.1) is 0 Å². The van der Waals surface area contributed by atoms with Crippen molar-refractivity contribution in [3.63, 3.8) is 0 Å². The van der Waals surface area contributed by atoms with E-state index in [4.69, 9.17) is 18.6 Å². The van der Waals surface area contributed by atoms with E-state index in [0.717, 1.165) is 0 Å². The molecule has 0 radical (unpaired) electrons. The number of nitro groups is 1. The van der Waals surface area contributed by atoms with Gasteiger partial charge in [0.25, 0.3) is 5.69 Å². The number of esters is 1. The van der Waals surface area contributed by atoms with E-state index in [9.17, 15) is 19.7 Å². The van der Waals surface area contributed by atoms with Crippen LogP contribution in [0.4, 0.5) is 10.5 Å². The molecule has 1 amide bonds. The van der Waals surface area contributed by atoms with Crippen molar-refractivity contribution < 1.29 is 33.1 Å². The van der Waals surface area contributed by atoms with Crippen LogP contribution in [0.3, 0.4) is 0 Å². The first-order chi connectivity index (χ1) is 15.5. The highest BCUT2D eigenvalue weighted by Crippen LogP contribution is 2.36. The number of alkyl carbamates (subject to hydrolysis) is 1. The molecule has 1 aromatic carbocycles. The minimum Gasteiger partial charge on any atom is -0.467 e. The summed E-state index contributed by atoms with van der Waals surface area (Å²) in [5, 5.41) is 13.5. The minimum atomic E-state index is -2.22. The minimum absolute atomic E-state index is 0.00969. The van der Waals surface area contributed by atoms with Crippen LogP contribution in [0.5, 0.6) is 0 Å². The molecule has 1 aromatic rings. The number of nitrogens with one attached hydrogen (secondary N) is 1. The van der Waals surface area contributed by atoms with Crippen LogP contribution in [0, 0.1) is 10.1 Å². The molecular weight excluding hydrogens is 460 g/mol. The zero-order valence-electron chi connectivity index (χ0n) is 21.6. The van der Waals surface area contributed by atoms with Gasteiger partial charge in [-0.3, -0.25) is 10.1 Å². The van der Waals surface area contributed by atoms with Gasteiger partial charge < -0.3 is 24.0 Å². The Kier molecular flexibility index (Phi) is 10.2. The highest BCUT2D eigenvalue weighted by molar-refractivity contribution is 6.74. The van der Waals surface area contributed by atoms with Gasteiger partial charge in [0.1, 0.15) is 5.60 Å². The first-order valence-electron chi connectivity index (χ1n) is 11.0. The summed E-state index contributed by atoms with van der Waals surface area (Å²) in [6, 6.07) is 4.88. The second-order valence-corrected chi connectivity index (χ2v) is 15.3. The molecule has 0 bridgehead atoms. The van der Waals surface area contributed by atoms with E-state index >= 15 is 0 Å². The van der Waals surface area contributed by atoms with Gasteiger partial charge in [-0.25, -0.2) is 9.59 Å². The highest BCUT2D eigenvalue weighted by atomic mass is 28.4. The van der Waals surface area contributed by atoms with Crippen LogP contribution < -0.4 is 5.32 Å². The predicted octanol–water partition coefficient (Wildman–Crippen LogP) is 4.57. The Bertz CT molecular complexity index is 844. The average molecular weight is 499 g/mol. The van der Waals surface area contributed by atoms with Crippen molar-refractivity contribution in [3.8, 4) is 0 Å². The van der Waals surface area contributed by atoms with E-state index < -0.39 is 43.1 Å². The van der Waals surface area contributed by atoms with Crippen LogP contribution in [0.25, 0.3) is 0 Å². The molecule has 34 heavy (non-hydrogen) atoms. The summed E-state index contributed by atoms with van der Waals surface area (Å²) in [7, 11) is -0.998. The Balaban J connectivity index is 3.13. The topological polar surface area (TPSA) is 126 Å². The number of amides is 1. The second kappa shape index (κ2) is 11.8. The van der Waals surface area contributed by atoms with Crippen molar-refractivity contribution in [2.24, 2.45) is 0 Å². The van der Waals surface area contributed by atoms with E-state index in [-0.39, 0.29) is 23.9 Å². The summed E-state index contributed by atoms with van der Waals surface area (Å²) in [6.45, 7) is 15.5. The number of carbonyl (C=O) groups is 2. The van der Waals surface area contributed by atoms with Crippen molar-refractivity contribution in [1.29, 1.82) is 0 Å². The lowest BCUT2D eigenvalue weighted by Gasteiger charge is -2.38. The van der Waals surface area contributed by atoms with Crippen molar-refractivity contribution in [3.05, 3.63) is 39.9 Å². The molecule has 0 aliphatic heterocycles. The Labute approximate surface area is 202 Å². The normalized spacial score (nSPS) is 14.1. The number of benzene rings is 1. The summed E-state index contributed by atoms with van der Waals surface area (Å²) < 4.78 is 22.4. The molecule has 1 rings (SSSR count). The van der Waals surface area contributed by atoms with Gasteiger partial charge in [0.15, 0.2) is 14.4 Å². The maximum Gasteiger partial charge on any atom is 0.408 e. The zero-order valence-corrected chi connectivity index (χ0v) is 22.6. The lowest BCUT2D eigenvalue weighted by molar-refractivity contribution is -0.384. The number of rotatable bonds is 10. The van der Waals surface area contributed by atoms with Gasteiger partial charge in [0.2, 0.25) is 0 Å². The number of hydrogen-bond acceptors (Lipinski definition) is 8. The molecule has 0 aliphatic carbocycles. The van der Waals surface area contributed by atoms with Crippen LogP contribution in [0.1, 0.15) is 47.1 Å². The molecule has 0 unspecified atom stereocenters. The SMILES string of the molecule is COC(=O)[C@@H](OCc1ccc([N+](=O)[O-])cc1)[C@@H](CO[Si](C)(C)C(C)(C)C)NC(=O)OC(C)(C)C. The van der Waals surface area contributed by atoms with E-state index in [1.165, 1.54) is 31.4 Å². The third-order valence-electron chi connectivity index (χ3n) is 5.51. The number of nitro benzene ring substituents is 1. The molecule has 0 heterocycles. The maximum absolute atomic E-state index is 12.6. The Morgan fingerprint density at radius 2 is 1.65 bits per heavy atom. The fourth-order valence-corrected chi connectivity index (χ4v) is 3.57. The highest BCUT2D eigenvalue weighted by Gasteiger charge is 2.40. The van der Waals surface area contributed by atoms with Crippen molar-refractivity contribution in [2.45, 2.75) is 84.0 Å². The molecule has 0 saturated carbocycles. The largest absolute Gasteiger partial charge is 0.467 e. The fraction of sp³-hybridized carbons (Fsp3) is 0.652. The van der Waals surface area contributed by atoms with E-state index in [2.05, 4.69) is 39.2 Å². The third-order valence-corrected chi connectivity index (χ3v) is 10.0. The molecular formula is C23H38N2O8Si. The first kappa shape index (κ1) is 29.5. The van der Waals surface area contributed by atoms with Gasteiger partial charge in [0, 0.05) is 12.1 Å². The Morgan fingerprint density at radius 3 is 2.09 bits per heavy atom. The summed E-state index contributed by atoms with van der Waals surface area (Å²) in [5.41, 5.74) is -0.184. The molecule has 0 aromatic heterocycles. The van der Waals surface area contributed by atoms with Gasteiger partial charge in [-0.05, 0) is 56.6 Å². The number of methoxy groups -OCH3 is 1. The van der Waals surface area contributed by atoms with E-state index in [0.29, 0.717) is 5.56 Å². The molecule has 192 valence electrons. The summed E-state index contributed by atoms with van der Waals surface area (Å²) in [6.07, 6.45) is -1.92. The van der Waals surface area contributed by atoms with Crippen LogP contribution in [0.2, 0.25) is 18.1 Å². The molecule has 2 atom stereocenters. The summed E-state index contributed by atoms with van der Waals surface area (Å²) in [5.74, 6) is -0.693. The monoisotopic (exact) mass is 498 g/mol. The van der Waals surface area contributed by atoms with Crippen LogP contribution in [0.15, 0.2) is 24.3 Å². The zero-order chi connectivity index (χ0) is 26.3. The molecule has 1 N–H and O–H groups in total. The van der Waals surface area contributed by atoms with E-state index in [1.807, 2.05) is 0 Å². The lowest BCUT2D eigenvalue weighted by atomic mass is 10.1.